The summed E-state index contributed by atoms with van der Waals surface area (Å²) < 4.78 is 25.6. The van der Waals surface area contributed by atoms with Crippen LogP contribution in [-0.2, 0) is 16.0 Å². The van der Waals surface area contributed by atoms with E-state index in [1.807, 2.05) is 28.8 Å². The lowest BCUT2D eigenvalue weighted by molar-refractivity contribution is -0.0300. The lowest BCUT2D eigenvalue weighted by atomic mass is 10.1. The highest BCUT2D eigenvalue weighted by molar-refractivity contribution is 6.28. The SMILES string of the molecule is CCCN(Cc1ccc(/C(N)=C/NCCF)cc1)c1nc(Cl)nc2c1ncn2C1CCC(COC)O1. The number of alkyl halides is 1. The van der Waals surface area contributed by atoms with E-state index in [0.717, 1.165) is 36.9 Å². The fourth-order valence-corrected chi connectivity index (χ4v) is 4.54. The molecule has 1 aliphatic rings. The molecular formula is C25H33ClFN7O2. The number of anilines is 1. The number of imidazole rings is 1. The Morgan fingerprint density at radius 2 is 2.14 bits per heavy atom. The van der Waals surface area contributed by atoms with Crippen molar-refractivity contribution in [2.75, 3.05) is 38.4 Å². The van der Waals surface area contributed by atoms with Gasteiger partial charge in [-0.3, -0.25) is 4.57 Å². The first-order valence-electron chi connectivity index (χ1n) is 12.2. The van der Waals surface area contributed by atoms with Gasteiger partial charge in [-0.1, -0.05) is 31.2 Å². The number of nitrogens with two attached hydrogens (primary N) is 1. The fourth-order valence-electron chi connectivity index (χ4n) is 4.38. The van der Waals surface area contributed by atoms with Gasteiger partial charge in [0, 0.05) is 32.9 Å². The number of rotatable bonds is 12. The van der Waals surface area contributed by atoms with Crippen LogP contribution in [0.5, 0.6) is 0 Å². The van der Waals surface area contributed by atoms with Gasteiger partial charge >= 0.3 is 0 Å². The molecule has 1 fully saturated rings. The van der Waals surface area contributed by atoms with Crippen LogP contribution in [0.25, 0.3) is 16.9 Å². The highest BCUT2D eigenvalue weighted by Gasteiger charge is 2.29. The molecule has 3 aromatic rings. The second-order valence-electron chi connectivity index (χ2n) is 8.75. The fraction of sp³-hybridized carbons (Fsp3) is 0.480. The zero-order chi connectivity index (χ0) is 25.5. The van der Waals surface area contributed by atoms with Crippen molar-refractivity contribution < 1.29 is 13.9 Å². The Morgan fingerprint density at radius 3 is 2.86 bits per heavy atom. The number of hydrogen-bond donors (Lipinski definition) is 2. The standard InChI is InChI=1S/C25H33ClFN7O2/c1-3-12-33(14-17-4-6-18(7-5-17)20(28)13-29-11-10-27)23-22-24(32-25(26)31-23)34(16-30-22)21-9-8-19(36-21)15-35-2/h4-7,13,16,19,21,29H,3,8-12,14-15,28H2,1-2H3/b20-13-. The maximum absolute atomic E-state index is 12.3. The maximum Gasteiger partial charge on any atom is 0.226 e. The molecule has 1 aromatic carbocycles. The lowest BCUT2D eigenvalue weighted by Crippen LogP contribution is -2.25. The first-order valence-corrected chi connectivity index (χ1v) is 12.6. The van der Waals surface area contributed by atoms with Crippen LogP contribution in [0.4, 0.5) is 10.2 Å². The highest BCUT2D eigenvalue weighted by Crippen LogP contribution is 2.33. The smallest absolute Gasteiger partial charge is 0.226 e. The number of halogens is 2. The maximum atomic E-state index is 12.3. The molecule has 0 bridgehead atoms. The van der Waals surface area contributed by atoms with E-state index in [4.69, 9.17) is 26.8 Å². The summed E-state index contributed by atoms with van der Waals surface area (Å²) in [5.74, 6) is 0.691. The van der Waals surface area contributed by atoms with Gasteiger partial charge in [0.2, 0.25) is 5.28 Å². The van der Waals surface area contributed by atoms with Crippen LogP contribution in [0.2, 0.25) is 5.28 Å². The second-order valence-corrected chi connectivity index (χ2v) is 9.09. The minimum Gasteiger partial charge on any atom is -0.397 e. The largest absolute Gasteiger partial charge is 0.397 e. The zero-order valence-electron chi connectivity index (χ0n) is 20.7. The van der Waals surface area contributed by atoms with E-state index in [1.54, 1.807) is 19.6 Å². The summed E-state index contributed by atoms with van der Waals surface area (Å²) in [5.41, 5.74) is 9.93. The summed E-state index contributed by atoms with van der Waals surface area (Å²) in [6.45, 7) is 3.84. The van der Waals surface area contributed by atoms with Crippen LogP contribution in [0.1, 0.15) is 43.5 Å². The van der Waals surface area contributed by atoms with Gasteiger partial charge in [-0.15, -0.1) is 0 Å². The van der Waals surface area contributed by atoms with Gasteiger partial charge in [0.05, 0.1) is 24.7 Å². The van der Waals surface area contributed by atoms with Crippen LogP contribution < -0.4 is 16.0 Å². The Kier molecular flexibility index (Phi) is 8.95. The average molecular weight is 518 g/mol. The van der Waals surface area contributed by atoms with Crippen LogP contribution >= 0.6 is 11.6 Å². The summed E-state index contributed by atoms with van der Waals surface area (Å²) >= 11 is 6.39. The van der Waals surface area contributed by atoms with Crippen molar-refractivity contribution in [2.24, 2.45) is 5.73 Å². The third kappa shape index (κ3) is 6.05. The van der Waals surface area contributed by atoms with Gasteiger partial charge in [0.25, 0.3) is 0 Å². The minimum atomic E-state index is -0.448. The van der Waals surface area contributed by atoms with E-state index >= 15 is 0 Å². The van der Waals surface area contributed by atoms with E-state index < -0.39 is 6.67 Å². The molecule has 0 aliphatic carbocycles. The quantitative estimate of drug-likeness (QED) is 0.274. The minimum absolute atomic E-state index is 0.0529. The van der Waals surface area contributed by atoms with Gasteiger partial charge in [0.15, 0.2) is 17.0 Å². The number of nitrogens with one attached hydrogen (secondary N) is 1. The van der Waals surface area contributed by atoms with Crippen LogP contribution in [-0.4, -0.2) is 59.1 Å². The number of fused-ring (bicyclic) bond motifs is 1. The Bertz CT molecular complexity index is 1170. The van der Waals surface area contributed by atoms with Gasteiger partial charge in [-0.2, -0.15) is 9.97 Å². The molecule has 2 atom stereocenters. The summed E-state index contributed by atoms with van der Waals surface area (Å²) in [5, 5.41) is 3.02. The van der Waals surface area contributed by atoms with Crippen molar-refractivity contribution in [3.63, 3.8) is 0 Å². The van der Waals surface area contributed by atoms with Gasteiger partial charge < -0.3 is 25.4 Å². The Hall–Kier alpha value is -2.95. The third-order valence-corrected chi connectivity index (χ3v) is 6.24. The number of methoxy groups -OCH3 is 1. The van der Waals surface area contributed by atoms with E-state index in [1.165, 1.54) is 0 Å². The summed E-state index contributed by atoms with van der Waals surface area (Å²) in [4.78, 5) is 15.9. The first-order chi connectivity index (χ1) is 17.5. The molecule has 0 radical (unpaired) electrons. The molecular weight excluding hydrogens is 485 g/mol. The first kappa shape index (κ1) is 26.1. The van der Waals surface area contributed by atoms with Crippen molar-refractivity contribution >= 4 is 34.3 Å². The second kappa shape index (κ2) is 12.3. The Morgan fingerprint density at radius 1 is 1.33 bits per heavy atom. The molecule has 0 amide bonds. The predicted octanol–water partition coefficient (Wildman–Crippen LogP) is 4.04. The van der Waals surface area contributed by atoms with Gasteiger partial charge in [-0.25, -0.2) is 9.37 Å². The zero-order valence-corrected chi connectivity index (χ0v) is 21.4. The van der Waals surface area contributed by atoms with Crippen molar-refractivity contribution in [1.29, 1.82) is 0 Å². The van der Waals surface area contributed by atoms with Crippen LogP contribution in [0.15, 0.2) is 36.8 Å². The summed E-state index contributed by atoms with van der Waals surface area (Å²) in [6, 6.07) is 7.95. The number of aromatic nitrogens is 4. The number of hydrogen-bond acceptors (Lipinski definition) is 8. The molecule has 2 unspecified atom stereocenters. The highest BCUT2D eigenvalue weighted by atomic mass is 35.5. The Labute approximate surface area is 215 Å². The molecule has 0 saturated carbocycles. The predicted molar refractivity (Wildman–Crippen MR) is 139 cm³/mol. The number of nitrogens with zero attached hydrogens (tertiary/aromatic N) is 5. The van der Waals surface area contributed by atoms with Crippen molar-refractivity contribution in [3.05, 3.63) is 53.2 Å². The number of benzene rings is 1. The monoisotopic (exact) mass is 517 g/mol. The van der Waals surface area contributed by atoms with Crippen molar-refractivity contribution in [1.82, 2.24) is 24.8 Å². The average Bonchev–Trinajstić information content (AvgIpc) is 3.51. The molecule has 3 N–H and O–H groups in total. The van der Waals surface area contributed by atoms with Gasteiger partial charge in [0.1, 0.15) is 12.9 Å². The number of ether oxygens (including phenoxy) is 2. The lowest BCUT2D eigenvalue weighted by Gasteiger charge is -2.24. The molecule has 0 spiro atoms. The third-order valence-electron chi connectivity index (χ3n) is 6.07. The molecule has 36 heavy (non-hydrogen) atoms. The molecule has 2 aromatic heterocycles. The topological polar surface area (TPSA) is 103 Å². The van der Waals surface area contributed by atoms with E-state index in [9.17, 15) is 4.39 Å². The molecule has 11 heteroatoms. The normalized spacial score (nSPS) is 18.2. The molecule has 3 heterocycles. The summed E-state index contributed by atoms with van der Waals surface area (Å²) in [7, 11) is 1.68. The molecule has 9 nitrogen and oxygen atoms in total. The Balaban J connectivity index is 1.57. The molecule has 4 rings (SSSR count). The van der Waals surface area contributed by atoms with E-state index in [0.29, 0.717) is 35.8 Å². The summed E-state index contributed by atoms with van der Waals surface area (Å²) in [6.07, 6.45) is 5.94. The molecule has 1 saturated heterocycles. The van der Waals surface area contributed by atoms with Crippen molar-refractivity contribution in [2.45, 2.75) is 45.1 Å². The van der Waals surface area contributed by atoms with Crippen molar-refractivity contribution in [3.8, 4) is 0 Å². The molecule has 1 aliphatic heterocycles. The van der Waals surface area contributed by atoms with Crippen LogP contribution in [0.3, 0.4) is 0 Å². The van der Waals surface area contributed by atoms with E-state index in [-0.39, 0.29) is 24.2 Å². The van der Waals surface area contributed by atoms with E-state index in [2.05, 4.69) is 32.1 Å². The molecule has 194 valence electrons. The van der Waals surface area contributed by atoms with Crippen LogP contribution in [0, 0.1) is 0 Å². The van der Waals surface area contributed by atoms with Gasteiger partial charge in [-0.05, 0) is 42.0 Å².